The number of nitrogens with zero attached hydrogens (tertiary/aromatic N) is 2. The van der Waals surface area contributed by atoms with E-state index in [2.05, 4.69) is 45.5 Å². The van der Waals surface area contributed by atoms with Crippen LogP contribution in [0.25, 0.3) is 27.8 Å². The largest absolute Gasteiger partial charge is 0.338 e. The first kappa shape index (κ1) is 21.3. The van der Waals surface area contributed by atoms with E-state index in [4.69, 9.17) is 4.98 Å². The highest BCUT2D eigenvalue weighted by Crippen LogP contribution is 2.28. The van der Waals surface area contributed by atoms with Gasteiger partial charge in [-0.25, -0.2) is 9.78 Å². The number of carbonyl (C=O) groups excluding carboxylic acids is 1. The molecule has 5 rings (SSSR count). The number of fused-ring (bicyclic) bond motifs is 1. The van der Waals surface area contributed by atoms with Crippen molar-refractivity contribution in [1.29, 1.82) is 0 Å². The summed E-state index contributed by atoms with van der Waals surface area (Å²) in [6.45, 7) is 2.80. The molecule has 2 amide bonds. The first-order valence-electron chi connectivity index (χ1n) is 11.9. The molecule has 168 valence electrons. The predicted octanol–water partition coefficient (Wildman–Crippen LogP) is 6.70. The Morgan fingerprint density at radius 1 is 0.939 bits per heavy atom. The number of para-hydroxylation sites is 1. The van der Waals surface area contributed by atoms with Gasteiger partial charge in [0.25, 0.3) is 0 Å². The van der Waals surface area contributed by atoms with Gasteiger partial charge in [-0.3, -0.25) is 4.57 Å². The Bertz CT molecular complexity index is 1240. The first-order chi connectivity index (χ1) is 16.2. The zero-order chi connectivity index (χ0) is 22.6. The molecule has 0 bridgehead atoms. The number of hydrogen-bond donors (Lipinski definition) is 2. The third-order valence-electron chi connectivity index (χ3n) is 6.59. The summed E-state index contributed by atoms with van der Waals surface area (Å²) < 4.78 is 2.18. The molecular formula is C28H30N4O. The number of aromatic nitrogens is 2. The van der Waals surface area contributed by atoms with E-state index in [9.17, 15) is 4.79 Å². The summed E-state index contributed by atoms with van der Waals surface area (Å²) in [6.07, 6.45) is 6.35. The predicted molar refractivity (Wildman–Crippen MR) is 135 cm³/mol. The second-order valence-electron chi connectivity index (χ2n) is 8.95. The average Bonchev–Trinajstić information content (AvgIpc) is 3.19. The van der Waals surface area contributed by atoms with E-state index in [0.29, 0.717) is 5.92 Å². The highest BCUT2D eigenvalue weighted by molar-refractivity contribution is 5.90. The van der Waals surface area contributed by atoms with E-state index >= 15 is 0 Å². The van der Waals surface area contributed by atoms with Gasteiger partial charge in [0.2, 0.25) is 0 Å². The molecule has 3 aromatic carbocycles. The maximum Gasteiger partial charge on any atom is 0.319 e. The molecule has 1 heterocycles. The fourth-order valence-electron chi connectivity index (χ4n) is 4.83. The minimum atomic E-state index is -0.128. The summed E-state index contributed by atoms with van der Waals surface area (Å²) in [7, 11) is 0. The Kier molecular flexibility index (Phi) is 6.11. The maximum absolute atomic E-state index is 12.3. The van der Waals surface area contributed by atoms with Gasteiger partial charge in [0, 0.05) is 17.9 Å². The normalized spacial score (nSPS) is 14.3. The molecule has 1 aliphatic rings. The highest BCUT2D eigenvalue weighted by atomic mass is 16.2. The number of benzene rings is 3. The van der Waals surface area contributed by atoms with Crippen molar-refractivity contribution in [1.82, 2.24) is 14.9 Å². The van der Waals surface area contributed by atoms with Gasteiger partial charge in [-0.1, -0.05) is 55.7 Å². The summed E-state index contributed by atoms with van der Waals surface area (Å²) in [4.78, 5) is 17.1. The third kappa shape index (κ3) is 4.77. The Hall–Kier alpha value is -3.60. The maximum atomic E-state index is 12.3. The van der Waals surface area contributed by atoms with Crippen LogP contribution in [-0.2, 0) is 0 Å². The summed E-state index contributed by atoms with van der Waals surface area (Å²) in [5.74, 6) is 1.59. The smallest absolute Gasteiger partial charge is 0.319 e. The highest BCUT2D eigenvalue weighted by Gasteiger charge is 2.14. The van der Waals surface area contributed by atoms with Crippen LogP contribution < -0.4 is 10.6 Å². The van der Waals surface area contributed by atoms with Crippen LogP contribution in [0.2, 0.25) is 0 Å². The van der Waals surface area contributed by atoms with E-state index < -0.39 is 0 Å². The van der Waals surface area contributed by atoms with Crippen LogP contribution in [0.15, 0.2) is 72.8 Å². The summed E-state index contributed by atoms with van der Waals surface area (Å²) >= 11 is 0. The zero-order valence-corrected chi connectivity index (χ0v) is 19.1. The number of amides is 2. The molecule has 0 spiro atoms. The van der Waals surface area contributed by atoms with Crippen molar-refractivity contribution in [3.05, 3.63) is 78.6 Å². The summed E-state index contributed by atoms with van der Waals surface area (Å²) in [6, 6.07) is 24.5. The lowest BCUT2D eigenvalue weighted by molar-refractivity contribution is 0.247. The van der Waals surface area contributed by atoms with Gasteiger partial charge < -0.3 is 10.6 Å². The van der Waals surface area contributed by atoms with Crippen LogP contribution in [0.4, 0.5) is 10.5 Å². The van der Waals surface area contributed by atoms with E-state index in [0.717, 1.165) is 45.9 Å². The lowest BCUT2D eigenvalue weighted by Crippen LogP contribution is -2.33. The molecule has 0 unspecified atom stereocenters. The molecule has 1 aromatic heterocycles. The van der Waals surface area contributed by atoms with Gasteiger partial charge in [0.15, 0.2) is 0 Å². The topological polar surface area (TPSA) is 59.0 Å². The zero-order valence-electron chi connectivity index (χ0n) is 19.1. The van der Waals surface area contributed by atoms with Crippen LogP contribution in [-0.4, -0.2) is 22.1 Å². The molecule has 5 heteroatoms. The molecule has 1 aliphatic carbocycles. The third-order valence-corrected chi connectivity index (χ3v) is 6.59. The van der Waals surface area contributed by atoms with Crippen LogP contribution in [0.5, 0.6) is 0 Å². The van der Waals surface area contributed by atoms with Crippen molar-refractivity contribution in [2.45, 2.75) is 39.0 Å². The molecule has 2 N–H and O–H groups in total. The van der Waals surface area contributed by atoms with Crippen molar-refractivity contribution >= 4 is 22.8 Å². The van der Waals surface area contributed by atoms with Crippen molar-refractivity contribution in [3.8, 4) is 16.8 Å². The Balaban J connectivity index is 1.28. The Morgan fingerprint density at radius 2 is 1.67 bits per heavy atom. The molecular weight excluding hydrogens is 408 g/mol. The fraction of sp³-hybridized carbons (Fsp3) is 0.286. The standard InChI is InChI=1S/C28H30N4O/c1-20-30-26-18-23(14-17-27(26)32(20)25-10-6-3-7-11-25)22-12-15-24(16-13-22)31-28(33)29-19-21-8-4-2-5-9-21/h3,6-7,10-18,21H,2,4-5,8-9,19H2,1H3,(H2,29,31,33). The van der Waals surface area contributed by atoms with Crippen molar-refractivity contribution in [2.75, 3.05) is 11.9 Å². The molecule has 5 nitrogen and oxygen atoms in total. The van der Waals surface area contributed by atoms with Gasteiger partial charge in [-0.05, 0) is 73.2 Å². The number of aryl methyl sites for hydroxylation is 1. The van der Waals surface area contributed by atoms with Gasteiger partial charge in [-0.15, -0.1) is 0 Å². The molecule has 33 heavy (non-hydrogen) atoms. The number of rotatable bonds is 5. The van der Waals surface area contributed by atoms with Crippen LogP contribution in [0.1, 0.15) is 37.9 Å². The van der Waals surface area contributed by atoms with E-state index in [-0.39, 0.29) is 6.03 Å². The minimum Gasteiger partial charge on any atom is -0.338 e. The molecule has 1 fully saturated rings. The molecule has 4 aromatic rings. The lowest BCUT2D eigenvalue weighted by atomic mass is 9.89. The number of hydrogen-bond acceptors (Lipinski definition) is 2. The quantitative estimate of drug-likeness (QED) is 0.364. The molecule has 0 aliphatic heterocycles. The molecule has 0 radical (unpaired) electrons. The van der Waals surface area contributed by atoms with Gasteiger partial charge in [0.1, 0.15) is 5.82 Å². The first-order valence-corrected chi connectivity index (χ1v) is 11.9. The van der Waals surface area contributed by atoms with Gasteiger partial charge >= 0.3 is 6.03 Å². The van der Waals surface area contributed by atoms with Gasteiger partial charge in [-0.2, -0.15) is 0 Å². The monoisotopic (exact) mass is 438 g/mol. The van der Waals surface area contributed by atoms with Crippen molar-refractivity contribution in [2.24, 2.45) is 5.92 Å². The Labute approximate surface area is 194 Å². The Morgan fingerprint density at radius 3 is 2.42 bits per heavy atom. The summed E-state index contributed by atoms with van der Waals surface area (Å²) in [5.41, 5.74) is 6.17. The average molecular weight is 439 g/mol. The number of nitrogens with one attached hydrogen (secondary N) is 2. The second kappa shape index (κ2) is 9.49. The van der Waals surface area contributed by atoms with Crippen molar-refractivity contribution in [3.63, 3.8) is 0 Å². The summed E-state index contributed by atoms with van der Waals surface area (Å²) in [5, 5.41) is 5.98. The number of carbonyl (C=O) groups is 1. The van der Waals surface area contributed by atoms with Gasteiger partial charge in [0.05, 0.1) is 11.0 Å². The molecule has 0 saturated heterocycles. The molecule has 0 atom stereocenters. The van der Waals surface area contributed by atoms with Crippen molar-refractivity contribution < 1.29 is 4.79 Å². The van der Waals surface area contributed by atoms with Crippen LogP contribution in [0.3, 0.4) is 0 Å². The fourth-order valence-corrected chi connectivity index (χ4v) is 4.83. The van der Waals surface area contributed by atoms with E-state index in [1.54, 1.807) is 0 Å². The SMILES string of the molecule is Cc1nc2cc(-c3ccc(NC(=O)NCC4CCCCC4)cc3)ccc2n1-c1ccccc1. The van der Waals surface area contributed by atoms with Crippen LogP contribution in [0, 0.1) is 12.8 Å². The lowest BCUT2D eigenvalue weighted by Gasteiger charge is -2.21. The minimum absolute atomic E-state index is 0.128. The van der Waals surface area contributed by atoms with E-state index in [1.807, 2.05) is 49.4 Å². The number of anilines is 1. The number of imidazole rings is 1. The van der Waals surface area contributed by atoms with E-state index in [1.165, 1.54) is 32.1 Å². The second-order valence-corrected chi connectivity index (χ2v) is 8.95. The molecule has 1 saturated carbocycles. The van der Waals surface area contributed by atoms with Crippen LogP contribution >= 0.6 is 0 Å². The number of urea groups is 1.